The van der Waals surface area contributed by atoms with Crippen molar-refractivity contribution in [1.82, 2.24) is 5.32 Å². The third-order valence-corrected chi connectivity index (χ3v) is 3.28. The van der Waals surface area contributed by atoms with E-state index in [-0.39, 0.29) is 18.2 Å². The smallest absolute Gasteiger partial charge is 0.371 e. The number of rotatable bonds is 6. The monoisotopic (exact) mass is 337 g/mol. The number of carbonyl (C=O) groups is 2. The Morgan fingerprint density at radius 2 is 1.87 bits per heavy atom. The summed E-state index contributed by atoms with van der Waals surface area (Å²) in [5, 5.41) is 12.0. The van der Waals surface area contributed by atoms with Crippen molar-refractivity contribution in [3.63, 3.8) is 0 Å². The lowest BCUT2D eigenvalue weighted by molar-refractivity contribution is -0.134. The molecule has 1 aromatic carbocycles. The second-order valence-electron chi connectivity index (χ2n) is 5.32. The molecule has 122 valence electrons. The molecule has 0 aliphatic rings. The van der Waals surface area contributed by atoms with Crippen molar-refractivity contribution in [2.24, 2.45) is 0 Å². The van der Waals surface area contributed by atoms with Crippen molar-refractivity contribution in [2.45, 2.75) is 26.0 Å². The number of carboxylic acids is 1. The van der Waals surface area contributed by atoms with E-state index in [1.54, 1.807) is 38.1 Å². The van der Waals surface area contributed by atoms with Crippen LogP contribution in [0.4, 0.5) is 0 Å². The highest BCUT2D eigenvalue weighted by molar-refractivity contribution is 6.30. The van der Waals surface area contributed by atoms with E-state index in [2.05, 4.69) is 5.32 Å². The van der Waals surface area contributed by atoms with Crippen LogP contribution < -0.4 is 10.1 Å². The van der Waals surface area contributed by atoms with E-state index in [1.807, 2.05) is 0 Å². The number of hydrogen-bond acceptors (Lipinski definition) is 4. The van der Waals surface area contributed by atoms with Crippen molar-refractivity contribution in [2.75, 3.05) is 0 Å². The summed E-state index contributed by atoms with van der Waals surface area (Å²) in [4.78, 5) is 23.0. The number of hydrogen-bond donors (Lipinski definition) is 2. The van der Waals surface area contributed by atoms with Crippen molar-refractivity contribution < 1.29 is 23.8 Å². The first-order valence-electron chi connectivity index (χ1n) is 6.83. The van der Waals surface area contributed by atoms with Gasteiger partial charge in [-0.05, 0) is 50.2 Å². The summed E-state index contributed by atoms with van der Waals surface area (Å²) in [6.45, 7) is 3.32. The molecule has 2 N–H and O–H groups in total. The second kappa shape index (κ2) is 6.75. The molecule has 23 heavy (non-hydrogen) atoms. The van der Waals surface area contributed by atoms with E-state index < -0.39 is 11.6 Å². The number of benzene rings is 1. The first kappa shape index (κ1) is 16.9. The molecule has 0 aliphatic carbocycles. The van der Waals surface area contributed by atoms with Crippen molar-refractivity contribution >= 4 is 23.5 Å². The van der Waals surface area contributed by atoms with Crippen LogP contribution in [0.15, 0.2) is 40.8 Å². The molecule has 0 unspecified atom stereocenters. The molecule has 0 fully saturated rings. The molecule has 1 aromatic heterocycles. The van der Waals surface area contributed by atoms with Gasteiger partial charge in [0.05, 0.1) is 6.54 Å². The van der Waals surface area contributed by atoms with Gasteiger partial charge < -0.3 is 19.6 Å². The molecule has 1 heterocycles. The number of nitrogens with one attached hydrogen (secondary N) is 1. The van der Waals surface area contributed by atoms with Crippen LogP contribution in [0.3, 0.4) is 0 Å². The topological polar surface area (TPSA) is 88.8 Å². The van der Waals surface area contributed by atoms with E-state index >= 15 is 0 Å². The lowest BCUT2D eigenvalue weighted by Gasteiger charge is -2.25. The zero-order valence-corrected chi connectivity index (χ0v) is 13.4. The molecule has 7 heteroatoms. The van der Waals surface area contributed by atoms with Crippen molar-refractivity contribution in [3.8, 4) is 5.75 Å². The summed E-state index contributed by atoms with van der Waals surface area (Å²) >= 11 is 5.80. The van der Waals surface area contributed by atoms with Gasteiger partial charge in [-0.3, -0.25) is 4.79 Å². The Balaban J connectivity index is 1.94. The van der Waals surface area contributed by atoms with E-state index in [0.29, 0.717) is 16.5 Å². The normalized spacial score (nSPS) is 11.1. The average Bonchev–Trinajstić information content (AvgIpc) is 2.96. The molecule has 0 aliphatic heterocycles. The maximum atomic E-state index is 12.2. The molecule has 0 saturated carbocycles. The summed E-state index contributed by atoms with van der Waals surface area (Å²) in [6.07, 6.45) is 0. The summed E-state index contributed by atoms with van der Waals surface area (Å²) in [5.41, 5.74) is -1.12. The molecule has 0 saturated heterocycles. The lowest BCUT2D eigenvalue weighted by atomic mass is 10.1. The maximum absolute atomic E-state index is 12.2. The summed E-state index contributed by atoms with van der Waals surface area (Å²) < 4.78 is 10.7. The Hall–Kier alpha value is -2.47. The number of furan rings is 1. The van der Waals surface area contributed by atoms with Crippen LogP contribution in [0.5, 0.6) is 5.75 Å². The van der Waals surface area contributed by atoms with E-state index in [9.17, 15) is 9.59 Å². The van der Waals surface area contributed by atoms with Gasteiger partial charge in [0.1, 0.15) is 11.5 Å². The zero-order valence-electron chi connectivity index (χ0n) is 12.6. The van der Waals surface area contributed by atoms with Crippen LogP contribution in [0.2, 0.25) is 5.02 Å². The summed E-state index contributed by atoms with van der Waals surface area (Å²) in [7, 11) is 0. The van der Waals surface area contributed by atoms with Gasteiger partial charge in [0.15, 0.2) is 5.60 Å². The van der Waals surface area contributed by atoms with Gasteiger partial charge in [0.2, 0.25) is 5.76 Å². The molecule has 6 nitrogen and oxygen atoms in total. The predicted octanol–water partition coefficient (Wildman–Crippen LogP) is 3.11. The Labute approximate surface area is 138 Å². The fourth-order valence-corrected chi connectivity index (χ4v) is 1.94. The fraction of sp³-hybridized carbons (Fsp3) is 0.250. The van der Waals surface area contributed by atoms with Crippen LogP contribution in [0, 0.1) is 0 Å². The third-order valence-electron chi connectivity index (χ3n) is 3.03. The first-order valence-corrected chi connectivity index (χ1v) is 7.20. The summed E-state index contributed by atoms with van der Waals surface area (Å²) in [6, 6.07) is 9.50. The molecular formula is C16H16ClNO5. The van der Waals surface area contributed by atoms with Gasteiger partial charge in [0.25, 0.3) is 5.91 Å². The highest BCUT2D eigenvalue weighted by atomic mass is 35.5. The van der Waals surface area contributed by atoms with Crippen molar-refractivity contribution in [3.05, 3.63) is 52.9 Å². The molecule has 2 rings (SSSR count). The van der Waals surface area contributed by atoms with Gasteiger partial charge in [-0.1, -0.05) is 11.6 Å². The zero-order chi connectivity index (χ0) is 17.0. The first-order chi connectivity index (χ1) is 10.8. The average molecular weight is 338 g/mol. The van der Waals surface area contributed by atoms with Crippen LogP contribution in [-0.4, -0.2) is 22.6 Å². The molecule has 0 radical (unpaired) electrons. The maximum Gasteiger partial charge on any atom is 0.371 e. The van der Waals surface area contributed by atoms with Gasteiger partial charge in [-0.2, -0.15) is 0 Å². The number of halogens is 1. The van der Waals surface area contributed by atoms with Gasteiger partial charge in [-0.25, -0.2) is 4.79 Å². The Bertz CT molecular complexity index is 706. The molecular weight excluding hydrogens is 322 g/mol. The van der Waals surface area contributed by atoms with Gasteiger partial charge in [0, 0.05) is 5.02 Å². The molecule has 2 aromatic rings. The van der Waals surface area contributed by atoms with E-state index in [0.717, 1.165) is 0 Å². The van der Waals surface area contributed by atoms with Gasteiger partial charge >= 0.3 is 5.97 Å². The fourth-order valence-electron chi connectivity index (χ4n) is 1.81. The predicted molar refractivity (Wildman–Crippen MR) is 83.7 cm³/mol. The molecule has 0 bridgehead atoms. The van der Waals surface area contributed by atoms with Crippen LogP contribution in [0.1, 0.15) is 30.2 Å². The minimum atomic E-state index is -1.16. The summed E-state index contributed by atoms with van der Waals surface area (Å²) in [5.74, 6) is -0.834. The lowest BCUT2D eigenvalue weighted by Crippen LogP contribution is -2.46. The minimum Gasteiger partial charge on any atom is -0.478 e. The van der Waals surface area contributed by atoms with Crippen LogP contribution in [-0.2, 0) is 11.3 Å². The number of amides is 1. The molecule has 1 amide bonds. The molecule has 0 spiro atoms. The van der Waals surface area contributed by atoms with Crippen LogP contribution in [0.25, 0.3) is 0 Å². The largest absolute Gasteiger partial charge is 0.478 e. The number of carboxylic acid groups (broad SMARTS) is 1. The second-order valence-corrected chi connectivity index (χ2v) is 5.76. The highest BCUT2D eigenvalue weighted by Crippen LogP contribution is 2.21. The Kier molecular flexibility index (Phi) is 4.95. The number of aromatic carboxylic acids is 1. The Morgan fingerprint density at radius 3 is 2.43 bits per heavy atom. The Morgan fingerprint density at radius 1 is 1.22 bits per heavy atom. The number of carbonyl (C=O) groups excluding carboxylic acids is 1. The SMILES string of the molecule is CC(C)(Oc1ccc(Cl)cc1)C(=O)NCc1ccc(C(=O)O)o1. The third kappa shape index (κ3) is 4.50. The van der Waals surface area contributed by atoms with Gasteiger partial charge in [-0.15, -0.1) is 0 Å². The van der Waals surface area contributed by atoms with Crippen LogP contribution >= 0.6 is 11.6 Å². The van der Waals surface area contributed by atoms with E-state index in [1.165, 1.54) is 12.1 Å². The number of ether oxygens (including phenoxy) is 1. The molecule has 0 atom stereocenters. The van der Waals surface area contributed by atoms with E-state index in [4.69, 9.17) is 25.9 Å². The highest BCUT2D eigenvalue weighted by Gasteiger charge is 2.30. The minimum absolute atomic E-state index is 0.0690. The van der Waals surface area contributed by atoms with Crippen molar-refractivity contribution in [1.29, 1.82) is 0 Å². The quantitative estimate of drug-likeness (QED) is 0.845. The standard InChI is InChI=1S/C16H16ClNO5/c1-16(2,23-11-5-3-10(17)4-6-11)15(21)18-9-12-7-8-13(22-12)14(19)20/h3-8H,9H2,1-2H3,(H,18,21)(H,19,20).